The van der Waals surface area contributed by atoms with Crippen molar-refractivity contribution in [2.45, 2.75) is 45.1 Å². The zero-order valence-corrected chi connectivity index (χ0v) is 19.1. The molecule has 2 amide bonds. The summed E-state index contributed by atoms with van der Waals surface area (Å²) in [5.74, 6) is 0. The summed E-state index contributed by atoms with van der Waals surface area (Å²) in [6.45, 7) is 2.94. The lowest BCUT2D eigenvalue weighted by atomic mass is 9.77. The molecule has 1 aliphatic rings. The second-order valence-corrected chi connectivity index (χ2v) is 8.48. The van der Waals surface area contributed by atoms with Gasteiger partial charge in [-0.3, -0.25) is 4.90 Å². The molecule has 2 N–H and O–H groups in total. The highest BCUT2D eigenvalue weighted by Crippen LogP contribution is 2.52. The van der Waals surface area contributed by atoms with Crippen molar-refractivity contribution in [1.82, 2.24) is 5.32 Å². The molecule has 1 unspecified atom stereocenters. The number of urea groups is 1. The van der Waals surface area contributed by atoms with Gasteiger partial charge in [0.2, 0.25) is 0 Å². The van der Waals surface area contributed by atoms with Crippen molar-refractivity contribution >= 4 is 17.4 Å². The second kappa shape index (κ2) is 10.4. The van der Waals surface area contributed by atoms with Crippen molar-refractivity contribution < 1.29 is 4.79 Å². The maximum absolute atomic E-state index is 12.9. The number of hydrogen-bond acceptors (Lipinski definition) is 2. The molecule has 3 aromatic rings. The van der Waals surface area contributed by atoms with Crippen LogP contribution in [-0.2, 0) is 0 Å². The average molecular weight is 428 g/mol. The Morgan fingerprint density at radius 2 is 1.56 bits per heavy atom. The van der Waals surface area contributed by atoms with Crippen LogP contribution in [0.3, 0.4) is 0 Å². The molecule has 0 saturated heterocycles. The minimum Gasteiger partial charge on any atom is -0.374 e. The number of nitrogens with one attached hydrogen (secondary N) is 2. The molecule has 2 bridgehead atoms. The highest BCUT2D eigenvalue weighted by Gasteiger charge is 2.37. The van der Waals surface area contributed by atoms with Crippen LogP contribution in [0, 0.1) is 0 Å². The van der Waals surface area contributed by atoms with Gasteiger partial charge in [-0.1, -0.05) is 93.3 Å². The molecule has 0 fully saturated rings. The molecule has 0 heterocycles. The van der Waals surface area contributed by atoms with Crippen LogP contribution in [0.4, 0.5) is 16.2 Å². The molecule has 4 heteroatoms. The van der Waals surface area contributed by atoms with Gasteiger partial charge in [0, 0.05) is 30.4 Å². The number of fused-ring (bicyclic) bond motifs is 2. The third kappa shape index (κ3) is 4.64. The van der Waals surface area contributed by atoms with Gasteiger partial charge < -0.3 is 10.6 Å². The highest BCUT2D eigenvalue weighted by atomic mass is 16.2. The van der Waals surface area contributed by atoms with Gasteiger partial charge in [0.05, 0.1) is 11.7 Å². The maximum Gasteiger partial charge on any atom is 0.321 e. The third-order valence-electron chi connectivity index (χ3n) is 6.21. The van der Waals surface area contributed by atoms with E-state index in [1.807, 2.05) is 31.3 Å². The lowest BCUT2D eigenvalue weighted by Gasteiger charge is -2.40. The largest absolute Gasteiger partial charge is 0.374 e. The topological polar surface area (TPSA) is 44.4 Å². The highest BCUT2D eigenvalue weighted by molar-refractivity contribution is 5.99. The molecule has 3 aromatic carbocycles. The van der Waals surface area contributed by atoms with Crippen molar-refractivity contribution in [3.63, 3.8) is 0 Å². The number of unbranched alkanes of at least 4 members (excludes halogenated alkanes) is 4. The van der Waals surface area contributed by atoms with Crippen LogP contribution in [-0.4, -0.2) is 19.6 Å². The second-order valence-electron chi connectivity index (χ2n) is 8.48. The minimum atomic E-state index is -0.0358. The molecule has 4 rings (SSSR count). The molecule has 4 nitrogen and oxygen atoms in total. The van der Waals surface area contributed by atoms with Crippen LogP contribution < -0.4 is 15.5 Å². The number of rotatable bonds is 10. The number of amides is 2. The maximum atomic E-state index is 12.9. The number of nitrogens with zero attached hydrogens (tertiary/aromatic N) is 1. The van der Waals surface area contributed by atoms with Crippen molar-refractivity contribution in [2.24, 2.45) is 0 Å². The summed E-state index contributed by atoms with van der Waals surface area (Å²) in [6, 6.07) is 25.0. The van der Waals surface area contributed by atoms with Crippen LogP contribution in [0.25, 0.3) is 11.1 Å². The molecule has 0 spiro atoms. The Morgan fingerprint density at radius 1 is 0.875 bits per heavy atom. The summed E-state index contributed by atoms with van der Waals surface area (Å²) in [4.78, 5) is 14.7. The lowest BCUT2D eigenvalue weighted by molar-refractivity contribution is 0.247. The van der Waals surface area contributed by atoms with Crippen molar-refractivity contribution in [3.8, 4) is 11.1 Å². The van der Waals surface area contributed by atoms with Gasteiger partial charge in [-0.25, -0.2) is 4.79 Å². The van der Waals surface area contributed by atoms with Gasteiger partial charge in [-0.2, -0.15) is 0 Å². The first-order valence-corrected chi connectivity index (χ1v) is 11.8. The summed E-state index contributed by atoms with van der Waals surface area (Å²) in [5.41, 5.74) is 6.77. The Morgan fingerprint density at radius 3 is 2.28 bits per heavy atom. The van der Waals surface area contributed by atoms with Gasteiger partial charge in [-0.15, -0.1) is 0 Å². The van der Waals surface area contributed by atoms with E-state index in [2.05, 4.69) is 66.1 Å². The van der Waals surface area contributed by atoms with E-state index < -0.39 is 0 Å². The summed E-state index contributed by atoms with van der Waals surface area (Å²) in [6.07, 6.45) is 5.93. The number of para-hydroxylation sites is 1. The van der Waals surface area contributed by atoms with E-state index in [0.29, 0.717) is 0 Å². The van der Waals surface area contributed by atoms with Crippen LogP contribution >= 0.6 is 0 Å². The zero-order valence-electron chi connectivity index (χ0n) is 19.1. The number of benzene rings is 3. The fourth-order valence-electron chi connectivity index (χ4n) is 4.47. The van der Waals surface area contributed by atoms with Gasteiger partial charge in [0.1, 0.15) is 0 Å². The predicted molar refractivity (Wildman–Crippen MR) is 134 cm³/mol. The first-order valence-electron chi connectivity index (χ1n) is 11.8. The quantitative estimate of drug-likeness (QED) is 0.343. The standard InChI is InChI=1S/C28H33N3O/c1-3-4-5-6-13-20-29-28(32)31(2)27-24-19-18-23(21-14-9-7-10-15-21)25(27)26(24)30-22-16-11-8-12-17-22/h7-12,14-19,26,30H,3-6,13,20H2,1-2H3,(H,29,32). The van der Waals surface area contributed by atoms with Crippen LogP contribution in [0.1, 0.15) is 56.2 Å². The first kappa shape index (κ1) is 21.9. The third-order valence-corrected chi connectivity index (χ3v) is 6.21. The van der Waals surface area contributed by atoms with Gasteiger partial charge in [-0.05, 0) is 29.7 Å². The normalized spacial score (nSPS) is 13.9. The first-order chi connectivity index (χ1) is 15.7. The lowest BCUT2D eigenvalue weighted by Crippen LogP contribution is -2.42. The monoisotopic (exact) mass is 427 g/mol. The van der Waals surface area contributed by atoms with Gasteiger partial charge in [0.25, 0.3) is 0 Å². The molecule has 0 aliphatic heterocycles. The summed E-state index contributed by atoms with van der Waals surface area (Å²) in [7, 11) is 1.88. The van der Waals surface area contributed by atoms with Crippen LogP contribution in [0.5, 0.6) is 0 Å². The van der Waals surface area contributed by atoms with Crippen molar-refractivity contribution in [2.75, 3.05) is 23.8 Å². The molecule has 1 atom stereocenters. The van der Waals surface area contributed by atoms with E-state index in [9.17, 15) is 4.79 Å². The van der Waals surface area contributed by atoms with Gasteiger partial charge >= 0.3 is 6.03 Å². The molecular formula is C28H33N3O. The summed E-state index contributed by atoms with van der Waals surface area (Å²) >= 11 is 0. The van der Waals surface area contributed by atoms with Crippen molar-refractivity contribution in [1.29, 1.82) is 0 Å². The van der Waals surface area contributed by atoms with Crippen LogP contribution in [0.2, 0.25) is 0 Å². The Hall–Kier alpha value is -3.27. The number of carbonyl (C=O) groups excluding carboxylic acids is 1. The molecular weight excluding hydrogens is 394 g/mol. The Balaban J connectivity index is 1.54. The number of anilines is 2. The summed E-state index contributed by atoms with van der Waals surface area (Å²) in [5, 5.41) is 6.75. The average Bonchev–Trinajstić information content (AvgIpc) is 2.85. The van der Waals surface area contributed by atoms with E-state index in [1.54, 1.807) is 4.90 Å². The Bertz CT molecular complexity index is 1030. The van der Waals surface area contributed by atoms with Crippen molar-refractivity contribution in [3.05, 3.63) is 83.9 Å². The Labute approximate surface area is 191 Å². The smallest absolute Gasteiger partial charge is 0.321 e. The predicted octanol–water partition coefficient (Wildman–Crippen LogP) is 6.98. The number of carbonyl (C=O) groups is 1. The zero-order chi connectivity index (χ0) is 22.3. The van der Waals surface area contributed by atoms with E-state index in [-0.39, 0.29) is 12.1 Å². The SMILES string of the molecule is CCCCCCCNC(=O)N(C)c1c2ccc(-c3ccccc3)c1C2Nc1ccccc1. The fourth-order valence-corrected chi connectivity index (χ4v) is 4.47. The molecule has 0 radical (unpaired) electrons. The Kier molecular flexibility index (Phi) is 7.10. The van der Waals surface area contributed by atoms with Gasteiger partial charge in [0.15, 0.2) is 0 Å². The molecule has 166 valence electrons. The molecule has 32 heavy (non-hydrogen) atoms. The summed E-state index contributed by atoms with van der Waals surface area (Å²) < 4.78 is 0. The van der Waals surface area contributed by atoms with E-state index in [0.717, 1.165) is 29.9 Å². The molecule has 0 aromatic heterocycles. The molecule has 1 aliphatic carbocycles. The van der Waals surface area contributed by atoms with E-state index >= 15 is 0 Å². The van der Waals surface area contributed by atoms with E-state index in [4.69, 9.17) is 0 Å². The molecule has 0 saturated carbocycles. The number of hydrogen-bond donors (Lipinski definition) is 2. The minimum absolute atomic E-state index is 0.0358. The van der Waals surface area contributed by atoms with E-state index in [1.165, 1.54) is 42.4 Å². The fraction of sp³-hybridized carbons (Fsp3) is 0.321. The van der Waals surface area contributed by atoms with Crippen LogP contribution in [0.15, 0.2) is 72.8 Å².